The molecule has 84 valence electrons. The third-order valence-electron chi connectivity index (χ3n) is 2.80. The second-order valence-electron chi connectivity index (χ2n) is 4.87. The standard InChI is InChI=1S/C13H27N/c1-6-9-11-14(10-7-2)12-13(4,5)8-3/h6H,1,7-12H2,2-5H3. The van der Waals surface area contributed by atoms with Crippen LogP contribution in [0.5, 0.6) is 0 Å². The Morgan fingerprint density at radius 1 is 1.21 bits per heavy atom. The van der Waals surface area contributed by atoms with Crippen molar-refractivity contribution in [2.45, 2.75) is 47.0 Å². The van der Waals surface area contributed by atoms with Crippen LogP contribution in [-0.2, 0) is 0 Å². The minimum absolute atomic E-state index is 0.455. The van der Waals surface area contributed by atoms with Crippen LogP contribution in [0.1, 0.15) is 47.0 Å². The van der Waals surface area contributed by atoms with Crippen molar-refractivity contribution in [3.63, 3.8) is 0 Å². The van der Waals surface area contributed by atoms with Gasteiger partial charge in [-0.1, -0.05) is 33.8 Å². The lowest BCUT2D eigenvalue weighted by Crippen LogP contribution is -2.35. The average molecular weight is 197 g/mol. The Morgan fingerprint density at radius 3 is 2.29 bits per heavy atom. The minimum atomic E-state index is 0.455. The van der Waals surface area contributed by atoms with Gasteiger partial charge in [-0.2, -0.15) is 0 Å². The van der Waals surface area contributed by atoms with Crippen molar-refractivity contribution < 1.29 is 0 Å². The summed E-state index contributed by atoms with van der Waals surface area (Å²) in [6.07, 6.45) is 5.62. The summed E-state index contributed by atoms with van der Waals surface area (Å²) in [6.45, 7) is 16.6. The van der Waals surface area contributed by atoms with Crippen LogP contribution in [0.15, 0.2) is 12.7 Å². The normalized spacial score (nSPS) is 12.1. The molecule has 0 fully saturated rings. The number of nitrogens with zero attached hydrogens (tertiary/aromatic N) is 1. The molecular formula is C13H27N. The molecule has 0 bridgehead atoms. The molecule has 0 amide bonds. The Hall–Kier alpha value is -0.300. The molecule has 0 saturated heterocycles. The Balaban J connectivity index is 4.00. The zero-order chi connectivity index (χ0) is 11.0. The quantitative estimate of drug-likeness (QED) is 0.536. The van der Waals surface area contributed by atoms with Gasteiger partial charge in [-0.05, 0) is 31.2 Å². The van der Waals surface area contributed by atoms with Crippen molar-refractivity contribution in [3.05, 3.63) is 12.7 Å². The Morgan fingerprint density at radius 2 is 1.86 bits per heavy atom. The van der Waals surface area contributed by atoms with Crippen LogP contribution in [0.25, 0.3) is 0 Å². The van der Waals surface area contributed by atoms with Crippen LogP contribution in [0, 0.1) is 5.41 Å². The van der Waals surface area contributed by atoms with E-state index in [-0.39, 0.29) is 0 Å². The third kappa shape index (κ3) is 6.20. The molecule has 0 aromatic rings. The SMILES string of the molecule is C=CCCN(CCC)CC(C)(C)CC. The summed E-state index contributed by atoms with van der Waals surface area (Å²) < 4.78 is 0. The topological polar surface area (TPSA) is 3.24 Å². The molecule has 0 N–H and O–H groups in total. The lowest BCUT2D eigenvalue weighted by molar-refractivity contribution is 0.175. The second kappa shape index (κ2) is 7.05. The van der Waals surface area contributed by atoms with Crippen LogP contribution < -0.4 is 0 Å². The molecule has 0 radical (unpaired) electrons. The fraction of sp³-hybridized carbons (Fsp3) is 0.846. The van der Waals surface area contributed by atoms with Crippen molar-refractivity contribution in [1.82, 2.24) is 4.90 Å². The van der Waals surface area contributed by atoms with E-state index in [2.05, 4.69) is 39.2 Å². The molecule has 0 unspecified atom stereocenters. The van der Waals surface area contributed by atoms with Crippen molar-refractivity contribution in [2.24, 2.45) is 5.41 Å². The largest absolute Gasteiger partial charge is 0.303 e. The maximum Gasteiger partial charge on any atom is 0.00327 e. The molecule has 0 aliphatic rings. The van der Waals surface area contributed by atoms with Crippen LogP contribution in [0.4, 0.5) is 0 Å². The Bertz CT molecular complexity index is 149. The second-order valence-corrected chi connectivity index (χ2v) is 4.87. The molecule has 0 aromatic carbocycles. The molecule has 0 aliphatic carbocycles. The van der Waals surface area contributed by atoms with Gasteiger partial charge in [0.2, 0.25) is 0 Å². The summed E-state index contributed by atoms with van der Waals surface area (Å²) in [4.78, 5) is 2.56. The fourth-order valence-corrected chi connectivity index (χ4v) is 1.58. The first-order valence-electron chi connectivity index (χ1n) is 5.89. The number of hydrogen-bond donors (Lipinski definition) is 0. The highest BCUT2D eigenvalue weighted by Crippen LogP contribution is 2.21. The minimum Gasteiger partial charge on any atom is -0.303 e. The van der Waals surface area contributed by atoms with Gasteiger partial charge < -0.3 is 4.90 Å². The fourth-order valence-electron chi connectivity index (χ4n) is 1.58. The maximum absolute atomic E-state index is 3.78. The van der Waals surface area contributed by atoms with Gasteiger partial charge in [0.25, 0.3) is 0 Å². The van der Waals surface area contributed by atoms with Crippen molar-refractivity contribution in [2.75, 3.05) is 19.6 Å². The monoisotopic (exact) mass is 197 g/mol. The van der Waals surface area contributed by atoms with Crippen molar-refractivity contribution >= 4 is 0 Å². The van der Waals surface area contributed by atoms with E-state index >= 15 is 0 Å². The van der Waals surface area contributed by atoms with Crippen LogP contribution in [-0.4, -0.2) is 24.5 Å². The zero-order valence-corrected chi connectivity index (χ0v) is 10.5. The van der Waals surface area contributed by atoms with Gasteiger partial charge >= 0.3 is 0 Å². The van der Waals surface area contributed by atoms with Gasteiger partial charge in [-0.25, -0.2) is 0 Å². The molecular weight excluding hydrogens is 170 g/mol. The summed E-state index contributed by atoms with van der Waals surface area (Å²) in [5.41, 5.74) is 0.455. The number of rotatable bonds is 8. The Labute approximate surface area is 90.2 Å². The molecule has 0 spiro atoms. The molecule has 1 heteroatoms. The van der Waals surface area contributed by atoms with E-state index in [1.165, 1.54) is 32.5 Å². The van der Waals surface area contributed by atoms with Crippen LogP contribution in [0.2, 0.25) is 0 Å². The van der Waals surface area contributed by atoms with Gasteiger partial charge in [0.05, 0.1) is 0 Å². The first kappa shape index (κ1) is 13.7. The van der Waals surface area contributed by atoms with E-state index < -0.39 is 0 Å². The van der Waals surface area contributed by atoms with Gasteiger partial charge in [0.1, 0.15) is 0 Å². The Kier molecular flexibility index (Phi) is 6.90. The highest BCUT2D eigenvalue weighted by Gasteiger charge is 2.18. The molecule has 1 nitrogen and oxygen atoms in total. The maximum atomic E-state index is 3.78. The number of hydrogen-bond acceptors (Lipinski definition) is 1. The predicted molar refractivity (Wildman–Crippen MR) is 65.6 cm³/mol. The summed E-state index contributed by atoms with van der Waals surface area (Å²) >= 11 is 0. The van der Waals surface area contributed by atoms with E-state index in [1.54, 1.807) is 0 Å². The van der Waals surface area contributed by atoms with E-state index in [0.29, 0.717) is 5.41 Å². The molecule has 0 aromatic heterocycles. The van der Waals surface area contributed by atoms with Gasteiger partial charge in [-0.15, -0.1) is 6.58 Å². The molecule has 0 saturated carbocycles. The predicted octanol–water partition coefficient (Wildman–Crippen LogP) is 3.71. The summed E-state index contributed by atoms with van der Waals surface area (Å²) in [7, 11) is 0. The van der Waals surface area contributed by atoms with Crippen LogP contribution >= 0.6 is 0 Å². The van der Waals surface area contributed by atoms with Crippen molar-refractivity contribution in [1.29, 1.82) is 0 Å². The first-order valence-corrected chi connectivity index (χ1v) is 5.89. The molecule has 14 heavy (non-hydrogen) atoms. The van der Waals surface area contributed by atoms with E-state index in [1.807, 2.05) is 6.08 Å². The highest BCUT2D eigenvalue weighted by molar-refractivity contribution is 4.75. The van der Waals surface area contributed by atoms with E-state index in [0.717, 1.165) is 6.42 Å². The third-order valence-corrected chi connectivity index (χ3v) is 2.80. The molecule has 0 rings (SSSR count). The molecule has 0 heterocycles. The first-order chi connectivity index (χ1) is 6.55. The summed E-state index contributed by atoms with van der Waals surface area (Å²) in [6, 6.07) is 0. The molecule has 0 aliphatic heterocycles. The van der Waals surface area contributed by atoms with Gasteiger partial charge in [0.15, 0.2) is 0 Å². The van der Waals surface area contributed by atoms with Crippen molar-refractivity contribution in [3.8, 4) is 0 Å². The lowest BCUT2D eigenvalue weighted by atomic mass is 9.89. The molecule has 0 atom stereocenters. The average Bonchev–Trinajstić information content (AvgIpc) is 2.14. The van der Waals surface area contributed by atoms with Gasteiger partial charge in [0, 0.05) is 13.1 Å². The zero-order valence-electron chi connectivity index (χ0n) is 10.5. The smallest absolute Gasteiger partial charge is 0.00327 e. The highest BCUT2D eigenvalue weighted by atomic mass is 15.1. The van der Waals surface area contributed by atoms with Gasteiger partial charge in [-0.3, -0.25) is 0 Å². The van der Waals surface area contributed by atoms with E-state index in [4.69, 9.17) is 0 Å². The van der Waals surface area contributed by atoms with E-state index in [9.17, 15) is 0 Å². The van der Waals surface area contributed by atoms with Crippen LogP contribution in [0.3, 0.4) is 0 Å². The lowest BCUT2D eigenvalue weighted by Gasteiger charge is -2.31. The summed E-state index contributed by atoms with van der Waals surface area (Å²) in [5, 5.41) is 0. The summed E-state index contributed by atoms with van der Waals surface area (Å²) in [5.74, 6) is 0.